The first kappa shape index (κ1) is 19.2. The Kier molecular flexibility index (Phi) is 5.37. The number of aryl methyl sites for hydroxylation is 1. The van der Waals surface area contributed by atoms with E-state index in [1.807, 2.05) is 19.1 Å². The molecule has 25 heavy (non-hydrogen) atoms. The van der Waals surface area contributed by atoms with E-state index in [9.17, 15) is 8.42 Å². The molecule has 0 radical (unpaired) electrons. The zero-order chi connectivity index (χ0) is 18.8. The summed E-state index contributed by atoms with van der Waals surface area (Å²) in [6, 6.07) is 7.14. The van der Waals surface area contributed by atoms with Crippen LogP contribution in [0.5, 0.6) is 0 Å². The number of sulfone groups is 1. The molecule has 0 fully saturated rings. The van der Waals surface area contributed by atoms with Gasteiger partial charge in [-0.05, 0) is 42.9 Å². The first-order valence-corrected chi connectivity index (χ1v) is 9.94. The maximum Gasteiger partial charge on any atom is 0.222 e. The third-order valence-corrected chi connectivity index (χ3v) is 6.39. The van der Waals surface area contributed by atoms with Crippen molar-refractivity contribution in [2.24, 2.45) is 0 Å². The Labute approximate surface area is 149 Å². The lowest BCUT2D eigenvalue weighted by Gasteiger charge is -2.26. The second kappa shape index (κ2) is 7.00. The number of nitrogen functional groups attached to an aromatic ring is 2. The molecule has 6 nitrogen and oxygen atoms in total. The second-order valence-electron chi connectivity index (χ2n) is 6.84. The largest absolute Gasteiger partial charge is 0.383 e. The van der Waals surface area contributed by atoms with E-state index in [0.29, 0.717) is 10.7 Å². The fourth-order valence-corrected chi connectivity index (χ4v) is 3.70. The van der Waals surface area contributed by atoms with Gasteiger partial charge in [0.25, 0.3) is 0 Å². The predicted octanol–water partition coefficient (Wildman–Crippen LogP) is 2.65. The molecular weight excluding hydrogens is 336 g/mol. The Balaban J connectivity index is 2.20. The SMILES string of the molecule is CCS(=O)(=O)c1ccc(C(C)(C)CCc2c(C)nc(N)nc2N)cc1. The van der Waals surface area contributed by atoms with E-state index in [2.05, 4.69) is 23.8 Å². The van der Waals surface area contributed by atoms with E-state index in [1.54, 1.807) is 19.1 Å². The van der Waals surface area contributed by atoms with Gasteiger partial charge >= 0.3 is 0 Å². The van der Waals surface area contributed by atoms with Crippen LogP contribution in [0.2, 0.25) is 0 Å². The summed E-state index contributed by atoms with van der Waals surface area (Å²) in [5.74, 6) is 0.710. The number of hydrogen-bond donors (Lipinski definition) is 2. The van der Waals surface area contributed by atoms with Crippen LogP contribution >= 0.6 is 0 Å². The Bertz CT molecular complexity index is 836. The van der Waals surface area contributed by atoms with Gasteiger partial charge in [-0.3, -0.25) is 0 Å². The highest BCUT2D eigenvalue weighted by Crippen LogP contribution is 2.31. The molecule has 0 spiro atoms. The van der Waals surface area contributed by atoms with Crippen molar-refractivity contribution >= 4 is 21.6 Å². The molecule has 0 saturated heterocycles. The van der Waals surface area contributed by atoms with Crippen LogP contribution in [0.1, 0.15) is 44.0 Å². The fourth-order valence-electron chi connectivity index (χ4n) is 2.81. The molecule has 0 atom stereocenters. The Hall–Kier alpha value is -2.15. The summed E-state index contributed by atoms with van der Waals surface area (Å²) in [6.07, 6.45) is 1.55. The highest BCUT2D eigenvalue weighted by molar-refractivity contribution is 7.91. The van der Waals surface area contributed by atoms with E-state index in [4.69, 9.17) is 11.5 Å². The standard InChI is InChI=1S/C18H26N4O2S/c1-5-25(23,24)14-8-6-13(7-9-14)18(3,4)11-10-15-12(2)21-17(20)22-16(15)19/h6-9H,5,10-11H2,1-4H3,(H4,19,20,21,22). The molecule has 0 aliphatic rings. The molecule has 0 unspecified atom stereocenters. The third kappa shape index (κ3) is 4.28. The van der Waals surface area contributed by atoms with E-state index >= 15 is 0 Å². The number of anilines is 2. The number of nitrogens with zero attached hydrogens (tertiary/aromatic N) is 2. The van der Waals surface area contributed by atoms with Crippen molar-refractivity contribution in [1.29, 1.82) is 0 Å². The molecule has 136 valence electrons. The lowest BCUT2D eigenvalue weighted by atomic mass is 9.79. The maximum atomic E-state index is 11.9. The van der Waals surface area contributed by atoms with Gasteiger partial charge in [0.15, 0.2) is 9.84 Å². The highest BCUT2D eigenvalue weighted by Gasteiger charge is 2.23. The van der Waals surface area contributed by atoms with Gasteiger partial charge in [0.1, 0.15) is 5.82 Å². The van der Waals surface area contributed by atoms with Crippen LogP contribution in [0.25, 0.3) is 0 Å². The van der Waals surface area contributed by atoms with E-state index in [-0.39, 0.29) is 17.1 Å². The Morgan fingerprint density at radius 2 is 1.68 bits per heavy atom. The van der Waals surface area contributed by atoms with Gasteiger partial charge in [0, 0.05) is 11.3 Å². The van der Waals surface area contributed by atoms with Crippen LogP contribution in [-0.2, 0) is 21.7 Å². The van der Waals surface area contributed by atoms with Crippen LogP contribution in [0, 0.1) is 6.92 Å². The molecule has 4 N–H and O–H groups in total. The number of benzene rings is 1. The molecule has 1 aromatic heterocycles. The zero-order valence-electron chi connectivity index (χ0n) is 15.2. The molecule has 2 rings (SSSR count). The van der Waals surface area contributed by atoms with Crippen molar-refractivity contribution in [1.82, 2.24) is 9.97 Å². The van der Waals surface area contributed by atoms with E-state index in [0.717, 1.165) is 29.7 Å². The van der Waals surface area contributed by atoms with Crippen molar-refractivity contribution < 1.29 is 8.42 Å². The molecule has 1 aromatic carbocycles. The molecule has 0 aliphatic carbocycles. The van der Waals surface area contributed by atoms with Crippen LogP contribution in [-0.4, -0.2) is 24.1 Å². The first-order chi connectivity index (χ1) is 11.6. The zero-order valence-corrected chi connectivity index (χ0v) is 16.0. The van der Waals surface area contributed by atoms with Crippen molar-refractivity contribution in [3.05, 3.63) is 41.1 Å². The summed E-state index contributed by atoms with van der Waals surface area (Å²) in [4.78, 5) is 8.57. The highest BCUT2D eigenvalue weighted by atomic mass is 32.2. The van der Waals surface area contributed by atoms with Crippen molar-refractivity contribution in [2.75, 3.05) is 17.2 Å². The topological polar surface area (TPSA) is 112 Å². The third-order valence-electron chi connectivity index (χ3n) is 4.64. The van der Waals surface area contributed by atoms with Crippen molar-refractivity contribution in [3.63, 3.8) is 0 Å². The lowest BCUT2D eigenvalue weighted by Crippen LogP contribution is -2.19. The fraction of sp³-hybridized carbons (Fsp3) is 0.444. The first-order valence-electron chi connectivity index (χ1n) is 8.28. The minimum atomic E-state index is -3.18. The number of aromatic nitrogens is 2. The van der Waals surface area contributed by atoms with Crippen molar-refractivity contribution in [3.8, 4) is 0 Å². The van der Waals surface area contributed by atoms with Gasteiger partial charge in [0.2, 0.25) is 5.95 Å². The summed E-state index contributed by atoms with van der Waals surface area (Å²) < 4.78 is 23.9. The van der Waals surface area contributed by atoms with Gasteiger partial charge in [-0.2, -0.15) is 4.98 Å². The minimum Gasteiger partial charge on any atom is -0.383 e. The van der Waals surface area contributed by atoms with Crippen LogP contribution in [0.4, 0.5) is 11.8 Å². The lowest BCUT2D eigenvalue weighted by molar-refractivity contribution is 0.479. The molecule has 2 aromatic rings. The molecular formula is C18H26N4O2S. The summed E-state index contributed by atoms with van der Waals surface area (Å²) in [7, 11) is -3.18. The summed E-state index contributed by atoms with van der Waals surface area (Å²) >= 11 is 0. The molecule has 7 heteroatoms. The van der Waals surface area contributed by atoms with Gasteiger partial charge in [-0.25, -0.2) is 13.4 Å². The normalized spacial score (nSPS) is 12.3. The number of nitrogens with two attached hydrogens (primary N) is 2. The maximum absolute atomic E-state index is 11.9. The van der Waals surface area contributed by atoms with E-state index < -0.39 is 9.84 Å². The Morgan fingerprint density at radius 1 is 1.08 bits per heavy atom. The van der Waals surface area contributed by atoms with Crippen LogP contribution in [0.15, 0.2) is 29.2 Å². The summed E-state index contributed by atoms with van der Waals surface area (Å²) in [5, 5.41) is 0. The summed E-state index contributed by atoms with van der Waals surface area (Å²) in [6.45, 7) is 7.77. The smallest absolute Gasteiger partial charge is 0.222 e. The predicted molar refractivity (Wildman–Crippen MR) is 101 cm³/mol. The Morgan fingerprint density at radius 3 is 2.20 bits per heavy atom. The molecule has 1 heterocycles. The second-order valence-corrected chi connectivity index (χ2v) is 9.12. The van der Waals surface area contributed by atoms with Gasteiger partial charge in [0.05, 0.1) is 10.6 Å². The van der Waals surface area contributed by atoms with Gasteiger partial charge in [-0.1, -0.05) is 32.9 Å². The molecule has 0 aliphatic heterocycles. The number of hydrogen-bond acceptors (Lipinski definition) is 6. The minimum absolute atomic E-state index is 0.103. The number of rotatable bonds is 6. The van der Waals surface area contributed by atoms with Gasteiger partial charge in [-0.15, -0.1) is 0 Å². The molecule has 0 amide bonds. The monoisotopic (exact) mass is 362 g/mol. The van der Waals surface area contributed by atoms with Crippen LogP contribution in [0.3, 0.4) is 0 Å². The summed E-state index contributed by atoms with van der Waals surface area (Å²) in [5.41, 5.74) is 14.2. The average molecular weight is 362 g/mol. The quantitative estimate of drug-likeness (QED) is 0.817. The average Bonchev–Trinajstić information content (AvgIpc) is 2.54. The van der Waals surface area contributed by atoms with Gasteiger partial charge < -0.3 is 11.5 Å². The molecule has 0 bridgehead atoms. The van der Waals surface area contributed by atoms with E-state index in [1.165, 1.54) is 0 Å². The molecule has 0 saturated carbocycles. The van der Waals surface area contributed by atoms with Crippen molar-refractivity contribution in [2.45, 2.75) is 50.8 Å². The van der Waals surface area contributed by atoms with Crippen LogP contribution < -0.4 is 11.5 Å².